The largest absolute Gasteiger partial charge is 0.464 e. The van der Waals surface area contributed by atoms with E-state index in [1.807, 2.05) is 20.8 Å². The van der Waals surface area contributed by atoms with Crippen molar-refractivity contribution < 1.29 is 14.3 Å². The lowest BCUT2D eigenvalue weighted by molar-refractivity contribution is -0.122. The molecule has 0 unspecified atom stereocenters. The summed E-state index contributed by atoms with van der Waals surface area (Å²) in [5.41, 5.74) is 0.729. The molecule has 0 aliphatic rings. The average Bonchev–Trinajstić information content (AvgIpc) is 2.36. The summed E-state index contributed by atoms with van der Waals surface area (Å²) >= 11 is 0. The topological polar surface area (TPSA) is 80.3 Å². The second-order valence-electron chi connectivity index (χ2n) is 5.40. The molecule has 6 heteroatoms. The quantitative estimate of drug-likeness (QED) is 0.800. The minimum Gasteiger partial charge on any atom is -0.464 e. The van der Waals surface area contributed by atoms with Gasteiger partial charge in [0.15, 0.2) is 0 Å². The molecule has 1 aromatic rings. The third-order valence-corrected chi connectivity index (χ3v) is 2.35. The third kappa shape index (κ3) is 5.69. The van der Waals surface area contributed by atoms with E-state index in [2.05, 4.69) is 20.4 Å². The van der Waals surface area contributed by atoms with Gasteiger partial charge in [0.1, 0.15) is 5.69 Å². The number of amides is 1. The number of hydrogen-bond acceptors (Lipinski definition) is 5. The Morgan fingerprint density at radius 3 is 2.65 bits per heavy atom. The molecule has 0 fully saturated rings. The molecule has 0 saturated carbocycles. The molecular weight excluding hydrogens is 258 g/mol. The second kappa shape index (κ2) is 6.88. The molecule has 0 aliphatic heterocycles. The van der Waals surface area contributed by atoms with E-state index in [1.165, 1.54) is 13.3 Å². The van der Waals surface area contributed by atoms with Crippen LogP contribution in [0.1, 0.15) is 37.7 Å². The highest BCUT2D eigenvalue weighted by molar-refractivity contribution is 5.88. The molecule has 0 saturated heterocycles. The summed E-state index contributed by atoms with van der Waals surface area (Å²) in [5.74, 6) is -0.508. The number of carbonyl (C=O) groups excluding carboxylic acids is 2. The standard InChI is InChI=1S/C14H21N3O3/c1-14(2,3)17-12(18)6-8-15-10-5-7-16-11(9-10)13(19)20-4/h5,7,9H,6,8H2,1-4H3,(H,15,16)(H,17,18). The molecule has 1 rings (SSSR count). The molecule has 0 aliphatic carbocycles. The Labute approximate surface area is 118 Å². The zero-order chi connectivity index (χ0) is 15.2. The second-order valence-corrected chi connectivity index (χ2v) is 5.40. The summed E-state index contributed by atoms with van der Waals surface area (Å²) in [7, 11) is 1.31. The summed E-state index contributed by atoms with van der Waals surface area (Å²) in [4.78, 5) is 26.9. The number of esters is 1. The smallest absolute Gasteiger partial charge is 0.356 e. The van der Waals surface area contributed by atoms with Crippen LogP contribution in [0, 0.1) is 0 Å². The van der Waals surface area contributed by atoms with Crippen LogP contribution in [0.2, 0.25) is 0 Å². The molecule has 0 spiro atoms. The molecule has 110 valence electrons. The van der Waals surface area contributed by atoms with Crippen LogP contribution in [-0.4, -0.2) is 36.1 Å². The average molecular weight is 279 g/mol. The number of anilines is 1. The van der Waals surface area contributed by atoms with Crippen molar-refractivity contribution in [1.82, 2.24) is 10.3 Å². The number of nitrogens with one attached hydrogen (secondary N) is 2. The van der Waals surface area contributed by atoms with Crippen LogP contribution < -0.4 is 10.6 Å². The van der Waals surface area contributed by atoms with Gasteiger partial charge in [0.2, 0.25) is 5.91 Å². The van der Waals surface area contributed by atoms with Crippen molar-refractivity contribution in [2.24, 2.45) is 0 Å². The number of rotatable bonds is 5. The van der Waals surface area contributed by atoms with Crippen LogP contribution in [0.15, 0.2) is 18.3 Å². The van der Waals surface area contributed by atoms with Gasteiger partial charge in [0, 0.05) is 30.4 Å². The summed E-state index contributed by atoms with van der Waals surface area (Å²) < 4.78 is 4.60. The summed E-state index contributed by atoms with van der Waals surface area (Å²) in [5, 5.41) is 5.95. The first-order valence-electron chi connectivity index (χ1n) is 6.41. The number of aromatic nitrogens is 1. The molecule has 1 heterocycles. The lowest BCUT2D eigenvalue weighted by Crippen LogP contribution is -2.41. The van der Waals surface area contributed by atoms with Crippen molar-refractivity contribution >= 4 is 17.6 Å². The van der Waals surface area contributed by atoms with E-state index in [4.69, 9.17) is 0 Å². The lowest BCUT2D eigenvalue weighted by Gasteiger charge is -2.20. The van der Waals surface area contributed by atoms with E-state index >= 15 is 0 Å². The first kappa shape index (κ1) is 15.9. The highest BCUT2D eigenvalue weighted by Crippen LogP contribution is 2.09. The highest BCUT2D eigenvalue weighted by atomic mass is 16.5. The number of nitrogens with zero attached hydrogens (tertiary/aromatic N) is 1. The van der Waals surface area contributed by atoms with Gasteiger partial charge >= 0.3 is 5.97 Å². The first-order valence-corrected chi connectivity index (χ1v) is 6.41. The van der Waals surface area contributed by atoms with Gasteiger partial charge in [-0.25, -0.2) is 9.78 Å². The fourth-order valence-corrected chi connectivity index (χ4v) is 1.56. The van der Waals surface area contributed by atoms with Crippen molar-refractivity contribution in [3.63, 3.8) is 0 Å². The fourth-order valence-electron chi connectivity index (χ4n) is 1.56. The minimum absolute atomic E-state index is 0.0211. The summed E-state index contributed by atoms with van der Waals surface area (Å²) in [6.45, 7) is 6.28. The molecule has 20 heavy (non-hydrogen) atoms. The van der Waals surface area contributed by atoms with Gasteiger partial charge in [0.05, 0.1) is 7.11 Å². The molecule has 1 aromatic heterocycles. The van der Waals surface area contributed by atoms with Gasteiger partial charge < -0.3 is 15.4 Å². The highest BCUT2D eigenvalue weighted by Gasteiger charge is 2.13. The molecule has 1 amide bonds. The van der Waals surface area contributed by atoms with Crippen molar-refractivity contribution in [3.05, 3.63) is 24.0 Å². The Morgan fingerprint density at radius 1 is 1.35 bits per heavy atom. The molecule has 0 atom stereocenters. The maximum atomic E-state index is 11.6. The predicted octanol–water partition coefficient (Wildman–Crippen LogP) is 1.58. The zero-order valence-electron chi connectivity index (χ0n) is 12.3. The third-order valence-electron chi connectivity index (χ3n) is 2.35. The van der Waals surface area contributed by atoms with E-state index < -0.39 is 5.97 Å². The van der Waals surface area contributed by atoms with E-state index in [-0.39, 0.29) is 17.1 Å². The van der Waals surface area contributed by atoms with Crippen molar-refractivity contribution in [2.75, 3.05) is 19.0 Å². The van der Waals surface area contributed by atoms with Crippen molar-refractivity contribution in [3.8, 4) is 0 Å². The Bertz CT molecular complexity index is 481. The Morgan fingerprint density at radius 2 is 2.05 bits per heavy atom. The monoisotopic (exact) mass is 279 g/mol. The Kier molecular flexibility index (Phi) is 5.49. The predicted molar refractivity (Wildman–Crippen MR) is 76.6 cm³/mol. The normalized spacial score (nSPS) is 10.8. The number of methoxy groups -OCH3 is 1. The molecule has 6 nitrogen and oxygen atoms in total. The number of carbonyl (C=O) groups is 2. The zero-order valence-corrected chi connectivity index (χ0v) is 12.3. The van der Waals surface area contributed by atoms with Crippen LogP contribution >= 0.6 is 0 Å². The van der Waals surface area contributed by atoms with Gasteiger partial charge in [0.25, 0.3) is 0 Å². The van der Waals surface area contributed by atoms with Gasteiger partial charge in [-0.15, -0.1) is 0 Å². The van der Waals surface area contributed by atoms with Crippen LogP contribution in [0.3, 0.4) is 0 Å². The summed E-state index contributed by atoms with van der Waals surface area (Å²) in [6, 6.07) is 3.32. The SMILES string of the molecule is COC(=O)c1cc(NCCC(=O)NC(C)(C)C)ccn1. The molecule has 0 radical (unpaired) electrons. The van der Waals surface area contributed by atoms with Gasteiger partial charge in [-0.1, -0.05) is 0 Å². The molecule has 0 aromatic carbocycles. The van der Waals surface area contributed by atoms with E-state index in [1.54, 1.807) is 12.1 Å². The Hall–Kier alpha value is -2.11. The van der Waals surface area contributed by atoms with E-state index in [0.29, 0.717) is 13.0 Å². The molecule has 2 N–H and O–H groups in total. The van der Waals surface area contributed by atoms with Crippen LogP contribution in [0.5, 0.6) is 0 Å². The maximum Gasteiger partial charge on any atom is 0.356 e. The van der Waals surface area contributed by atoms with Crippen LogP contribution in [0.25, 0.3) is 0 Å². The number of hydrogen-bond donors (Lipinski definition) is 2. The molecule has 0 bridgehead atoms. The van der Waals surface area contributed by atoms with E-state index in [9.17, 15) is 9.59 Å². The van der Waals surface area contributed by atoms with Crippen molar-refractivity contribution in [1.29, 1.82) is 0 Å². The lowest BCUT2D eigenvalue weighted by atomic mass is 10.1. The number of pyridine rings is 1. The van der Waals surface area contributed by atoms with Gasteiger partial charge in [-0.3, -0.25) is 4.79 Å². The van der Waals surface area contributed by atoms with Gasteiger partial charge in [-0.05, 0) is 32.9 Å². The van der Waals surface area contributed by atoms with E-state index in [0.717, 1.165) is 5.69 Å². The number of ether oxygens (including phenoxy) is 1. The minimum atomic E-state index is -0.487. The Balaban J connectivity index is 2.46. The van der Waals surface area contributed by atoms with Crippen LogP contribution in [0.4, 0.5) is 5.69 Å². The molecular formula is C14H21N3O3. The van der Waals surface area contributed by atoms with Crippen LogP contribution in [-0.2, 0) is 9.53 Å². The first-order chi connectivity index (χ1) is 9.31. The van der Waals surface area contributed by atoms with Crippen molar-refractivity contribution in [2.45, 2.75) is 32.7 Å². The van der Waals surface area contributed by atoms with Gasteiger partial charge in [-0.2, -0.15) is 0 Å². The summed E-state index contributed by atoms with van der Waals surface area (Å²) in [6.07, 6.45) is 1.87. The maximum absolute atomic E-state index is 11.6. The fraction of sp³-hybridized carbons (Fsp3) is 0.500.